The van der Waals surface area contributed by atoms with Gasteiger partial charge in [0, 0.05) is 16.4 Å². The summed E-state index contributed by atoms with van der Waals surface area (Å²) in [5.74, 6) is 0. The molecule has 1 aliphatic heterocycles. The standard InChI is InChI=1S/C13H21NOS/c1-3-10-7-8-12(16-10)13(14-2)11-6-4-5-9-15-11/h7-8,11,13-14H,3-6,9H2,1-2H3. The van der Waals surface area contributed by atoms with Crippen LogP contribution in [-0.2, 0) is 11.2 Å². The minimum atomic E-state index is 0.363. The van der Waals surface area contributed by atoms with Crippen LogP contribution in [0.4, 0.5) is 0 Å². The monoisotopic (exact) mass is 239 g/mol. The summed E-state index contributed by atoms with van der Waals surface area (Å²) in [6, 6.07) is 4.88. The number of nitrogens with one attached hydrogen (secondary N) is 1. The SMILES string of the molecule is CCc1ccc(C(NC)C2CCCCO2)s1. The summed E-state index contributed by atoms with van der Waals surface area (Å²) in [5, 5.41) is 3.41. The maximum absolute atomic E-state index is 5.87. The summed E-state index contributed by atoms with van der Waals surface area (Å²) in [7, 11) is 2.04. The van der Waals surface area contributed by atoms with Gasteiger partial charge >= 0.3 is 0 Å². The number of hydrogen-bond acceptors (Lipinski definition) is 3. The quantitative estimate of drug-likeness (QED) is 0.871. The molecular formula is C13H21NOS. The second kappa shape index (κ2) is 5.80. The Kier molecular flexibility index (Phi) is 4.38. The van der Waals surface area contributed by atoms with Crippen LogP contribution in [0.25, 0.3) is 0 Å². The van der Waals surface area contributed by atoms with Crippen molar-refractivity contribution in [3.63, 3.8) is 0 Å². The third-order valence-electron chi connectivity index (χ3n) is 3.24. The van der Waals surface area contributed by atoms with E-state index in [4.69, 9.17) is 4.74 Å². The zero-order valence-electron chi connectivity index (χ0n) is 10.2. The summed E-state index contributed by atoms with van der Waals surface area (Å²) in [6.45, 7) is 3.13. The predicted octanol–water partition coefficient (Wildman–Crippen LogP) is 3.14. The van der Waals surface area contributed by atoms with Gasteiger partial charge in [0.1, 0.15) is 0 Å². The number of likely N-dealkylation sites (N-methyl/N-ethyl adjacent to an activating group) is 1. The average molecular weight is 239 g/mol. The third-order valence-corrected chi connectivity index (χ3v) is 4.55. The molecule has 0 amide bonds. The van der Waals surface area contributed by atoms with E-state index in [2.05, 4.69) is 24.4 Å². The van der Waals surface area contributed by atoms with Crippen LogP contribution >= 0.6 is 11.3 Å². The van der Waals surface area contributed by atoms with Crippen molar-refractivity contribution in [1.29, 1.82) is 0 Å². The lowest BCUT2D eigenvalue weighted by atomic mass is 10.0. The Labute approximate surface area is 102 Å². The second-order valence-corrected chi connectivity index (χ2v) is 5.53. The normalized spacial score (nSPS) is 23.2. The van der Waals surface area contributed by atoms with Crippen LogP contribution in [0, 0.1) is 0 Å². The van der Waals surface area contributed by atoms with Crippen molar-refractivity contribution >= 4 is 11.3 Å². The molecule has 1 aromatic rings. The van der Waals surface area contributed by atoms with E-state index < -0.39 is 0 Å². The average Bonchev–Trinajstić information content (AvgIpc) is 2.80. The highest BCUT2D eigenvalue weighted by atomic mass is 32.1. The summed E-state index contributed by atoms with van der Waals surface area (Å²) in [5.41, 5.74) is 0. The molecule has 1 aromatic heterocycles. The lowest BCUT2D eigenvalue weighted by molar-refractivity contribution is -0.00588. The minimum absolute atomic E-state index is 0.363. The van der Waals surface area contributed by atoms with Gasteiger partial charge in [0.05, 0.1) is 12.1 Å². The maximum atomic E-state index is 5.87. The highest BCUT2D eigenvalue weighted by Crippen LogP contribution is 2.30. The van der Waals surface area contributed by atoms with Crippen molar-refractivity contribution in [2.45, 2.75) is 44.8 Å². The number of rotatable bonds is 4. The second-order valence-electron chi connectivity index (χ2n) is 4.33. The number of ether oxygens (including phenoxy) is 1. The van der Waals surface area contributed by atoms with E-state index in [0.717, 1.165) is 13.0 Å². The molecule has 0 bridgehead atoms. The molecule has 2 rings (SSSR count). The molecule has 2 heterocycles. The van der Waals surface area contributed by atoms with Crippen LogP contribution in [0.1, 0.15) is 42.0 Å². The lowest BCUT2D eigenvalue weighted by Gasteiger charge is -2.29. The summed E-state index contributed by atoms with van der Waals surface area (Å²) < 4.78 is 5.87. The first kappa shape index (κ1) is 12.1. The van der Waals surface area contributed by atoms with Crippen LogP contribution in [0.2, 0.25) is 0 Å². The van der Waals surface area contributed by atoms with Crippen LogP contribution in [0.5, 0.6) is 0 Å². The fraction of sp³-hybridized carbons (Fsp3) is 0.692. The van der Waals surface area contributed by atoms with Gasteiger partial charge in [-0.05, 0) is 44.9 Å². The van der Waals surface area contributed by atoms with Gasteiger partial charge in [0.25, 0.3) is 0 Å². The van der Waals surface area contributed by atoms with E-state index in [0.29, 0.717) is 12.1 Å². The fourth-order valence-corrected chi connectivity index (χ4v) is 3.41. The molecule has 0 aliphatic carbocycles. The molecular weight excluding hydrogens is 218 g/mol. The Morgan fingerprint density at radius 2 is 2.38 bits per heavy atom. The largest absolute Gasteiger partial charge is 0.376 e. The molecule has 0 spiro atoms. The third kappa shape index (κ3) is 2.65. The van der Waals surface area contributed by atoms with E-state index in [1.165, 1.54) is 29.0 Å². The maximum Gasteiger partial charge on any atom is 0.0777 e. The molecule has 0 saturated carbocycles. The van der Waals surface area contributed by atoms with Crippen LogP contribution in [0.15, 0.2) is 12.1 Å². The summed E-state index contributed by atoms with van der Waals surface area (Å²) in [6.07, 6.45) is 5.20. The van der Waals surface area contributed by atoms with E-state index in [9.17, 15) is 0 Å². The molecule has 1 N–H and O–H groups in total. The van der Waals surface area contributed by atoms with Gasteiger partial charge < -0.3 is 10.1 Å². The van der Waals surface area contributed by atoms with Crippen molar-refractivity contribution in [3.8, 4) is 0 Å². The fourth-order valence-electron chi connectivity index (χ4n) is 2.29. The summed E-state index contributed by atoms with van der Waals surface area (Å²) in [4.78, 5) is 2.89. The van der Waals surface area contributed by atoms with Gasteiger partial charge in [-0.15, -0.1) is 11.3 Å². The number of thiophene rings is 1. The summed E-state index contributed by atoms with van der Waals surface area (Å²) >= 11 is 1.92. The molecule has 1 saturated heterocycles. The lowest BCUT2D eigenvalue weighted by Crippen LogP contribution is -2.33. The topological polar surface area (TPSA) is 21.3 Å². The number of hydrogen-bond donors (Lipinski definition) is 1. The van der Waals surface area contributed by atoms with Crippen molar-refractivity contribution in [2.24, 2.45) is 0 Å². The molecule has 2 atom stereocenters. The Bertz CT molecular complexity index is 317. The zero-order chi connectivity index (χ0) is 11.4. The molecule has 1 fully saturated rings. The Hall–Kier alpha value is -0.380. The van der Waals surface area contributed by atoms with E-state index in [1.54, 1.807) is 0 Å². The van der Waals surface area contributed by atoms with E-state index in [1.807, 2.05) is 18.4 Å². The first-order chi connectivity index (χ1) is 7.85. The van der Waals surface area contributed by atoms with Crippen LogP contribution < -0.4 is 5.32 Å². The molecule has 3 heteroatoms. The van der Waals surface area contributed by atoms with E-state index in [-0.39, 0.29) is 0 Å². The van der Waals surface area contributed by atoms with Gasteiger partial charge in [-0.2, -0.15) is 0 Å². The predicted molar refractivity (Wildman–Crippen MR) is 69.1 cm³/mol. The van der Waals surface area contributed by atoms with Gasteiger partial charge in [-0.3, -0.25) is 0 Å². The van der Waals surface area contributed by atoms with Crippen LogP contribution in [-0.4, -0.2) is 19.8 Å². The molecule has 0 radical (unpaired) electrons. The first-order valence-corrected chi connectivity index (χ1v) is 7.04. The van der Waals surface area contributed by atoms with E-state index >= 15 is 0 Å². The molecule has 16 heavy (non-hydrogen) atoms. The number of aryl methyl sites for hydroxylation is 1. The molecule has 1 aliphatic rings. The van der Waals surface area contributed by atoms with Gasteiger partial charge in [0.2, 0.25) is 0 Å². The zero-order valence-corrected chi connectivity index (χ0v) is 11.0. The van der Waals surface area contributed by atoms with Crippen molar-refractivity contribution < 1.29 is 4.74 Å². The van der Waals surface area contributed by atoms with Crippen molar-refractivity contribution in [2.75, 3.05) is 13.7 Å². The molecule has 2 unspecified atom stereocenters. The Balaban J connectivity index is 2.08. The molecule has 2 nitrogen and oxygen atoms in total. The Morgan fingerprint density at radius 1 is 1.50 bits per heavy atom. The molecule has 90 valence electrons. The smallest absolute Gasteiger partial charge is 0.0777 e. The van der Waals surface area contributed by atoms with Crippen molar-refractivity contribution in [3.05, 3.63) is 21.9 Å². The van der Waals surface area contributed by atoms with Gasteiger partial charge in [-0.1, -0.05) is 6.92 Å². The van der Waals surface area contributed by atoms with Gasteiger partial charge in [-0.25, -0.2) is 0 Å². The van der Waals surface area contributed by atoms with Crippen LogP contribution in [0.3, 0.4) is 0 Å². The first-order valence-electron chi connectivity index (χ1n) is 6.22. The van der Waals surface area contributed by atoms with Crippen molar-refractivity contribution in [1.82, 2.24) is 5.32 Å². The van der Waals surface area contributed by atoms with Gasteiger partial charge in [0.15, 0.2) is 0 Å². The highest BCUT2D eigenvalue weighted by Gasteiger charge is 2.25. The Morgan fingerprint density at radius 3 is 2.94 bits per heavy atom. The minimum Gasteiger partial charge on any atom is -0.376 e. The highest BCUT2D eigenvalue weighted by molar-refractivity contribution is 7.12. The molecule has 0 aromatic carbocycles.